The first kappa shape index (κ1) is 93.1. The van der Waals surface area contributed by atoms with Crippen LogP contribution in [0.3, 0.4) is 0 Å². The van der Waals surface area contributed by atoms with Crippen LogP contribution in [0.1, 0.15) is 395 Å². The molecule has 0 saturated carbocycles. The molecule has 0 aromatic heterocycles. The zero-order valence-electron chi connectivity index (χ0n) is 62.0. The van der Waals surface area contributed by atoms with Crippen LogP contribution in [0.5, 0.6) is 0 Å². The number of ether oxygens (including phenoxy) is 4. The Morgan fingerprint density at radius 3 is 0.716 bits per heavy atom. The molecule has 0 amide bonds. The summed E-state index contributed by atoms with van der Waals surface area (Å²) in [5.74, 6) is -0.595. The maximum atomic E-state index is 13.1. The van der Waals surface area contributed by atoms with Crippen molar-refractivity contribution >= 4 is 39.5 Å². The van der Waals surface area contributed by atoms with Gasteiger partial charge in [-0.15, -0.1) is 0 Å². The molecule has 0 aliphatic rings. The van der Waals surface area contributed by atoms with Gasteiger partial charge < -0.3 is 33.8 Å². The molecule has 0 bridgehead atoms. The van der Waals surface area contributed by atoms with Gasteiger partial charge in [0.05, 0.1) is 26.4 Å². The van der Waals surface area contributed by atoms with Crippen molar-refractivity contribution in [2.45, 2.75) is 413 Å². The fourth-order valence-corrected chi connectivity index (χ4v) is 13.2. The van der Waals surface area contributed by atoms with E-state index in [0.29, 0.717) is 25.7 Å². The van der Waals surface area contributed by atoms with Crippen molar-refractivity contribution < 1.29 is 80.2 Å². The monoisotopic (exact) mass is 1400 g/mol. The maximum absolute atomic E-state index is 13.1. The van der Waals surface area contributed by atoms with Crippen LogP contribution in [0.2, 0.25) is 0 Å². The van der Waals surface area contributed by atoms with Gasteiger partial charge in [-0.3, -0.25) is 37.3 Å². The first-order chi connectivity index (χ1) is 45.9. The second-order valence-electron chi connectivity index (χ2n) is 28.3. The summed E-state index contributed by atoms with van der Waals surface area (Å²) in [6, 6.07) is 0. The Morgan fingerprint density at radius 2 is 0.484 bits per heavy atom. The number of phosphoric acid groups is 2. The fraction of sp³-hybridized carbons (Fsp3) is 0.947. The van der Waals surface area contributed by atoms with Crippen LogP contribution < -0.4 is 0 Å². The molecule has 0 saturated heterocycles. The van der Waals surface area contributed by atoms with Crippen LogP contribution in [0.4, 0.5) is 0 Å². The molecular weight excluding hydrogens is 1250 g/mol. The first-order valence-corrected chi connectivity index (χ1v) is 42.5. The third-order valence-corrected chi connectivity index (χ3v) is 19.6. The van der Waals surface area contributed by atoms with E-state index in [0.717, 1.165) is 102 Å². The van der Waals surface area contributed by atoms with Crippen molar-refractivity contribution in [2.75, 3.05) is 39.6 Å². The van der Waals surface area contributed by atoms with Gasteiger partial charge in [0.1, 0.15) is 19.3 Å². The van der Waals surface area contributed by atoms with Gasteiger partial charge in [-0.05, 0) is 37.5 Å². The van der Waals surface area contributed by atoms with Crippen molar-refractivity contribution in [3.8, 4) is 0 Å². The average Bonchev–Trinajstić information content (AvgIpc) is 1.41. The number of hydrogen-bond donors (Lipinski definition) is 3. The summed E-state index contributed by atoms with van der Waals surface area (Å²) >= 11 is 0. The second-order valence-corrected chi connectivity index (χ2v) is 31.3. The minimum atomic E-state index is -4.96. The summed E-state index contributed by atoms with van der Waals surface area (Å²) in [6.45, 7) is 9.59. The minimum Gasteiger partial charge on any atom is -0.462 e. The molecule has 19 heteroatoms. The normalized spacial score (nSPS) is 14.0. The lowest BCUT2D eigenvalue weighted by Gasteiger charge is -2.21. The molecule has 0 aliphatic heterocycles. The van der Waals surface area contributed by atoms with Crippen molar-refractivity contribution in [3.63, 3.8) is 0 Å². The first-order valence-electron chi connectivity index (χ1n) is 39.5. The molecule has 0 aliphatic carbocycles. The van der Waals surface area contributed by atoms with Gasteiger partial charge in [0.2, 0.25) is 0 Å². The summed E-state index contributed by atoms with van der Waals surface area (Å²) in [4.78, 5) is 72.8. The molecule has 95 heavy (non-hydrogen) atoms. The zero-order chi connectivity index (χ0) is 70.0. The van der Waals surface area contributed by atoms with E-state index in [-0.39, 0.29) is 25.7 Å². The summed E-state index contributed by atoms with van der Waals surface area (Å²) in [5, 5.41) is 10.6. The van der Waals surface area contributed by atoms with E-state index in [2.05, 4.69) is 41.5 Å². The highest BCUT2D eigenvalue weighted by Crippen LogP contribution is 2.45. The maximum Gasteiger partial charge on any atom is 0.472 e. The number of aliphatic hydroxyl groups is 1. The van der Waals surface area contributed by atoms with E-state index in [4.69, 9.17) is 37.0 Å². The number of hydrogen-bond acceptors (Lipinski definition) is 15. The van der Waals surface area contributed by atoms with Gasteiger partial charge in [-0.2, -0.15) is 0 Å². The topological polar surface area (TPSA) is 237 Å². The van der Waals surface area contributed by atoms with Gasteiger partial charge in [0, 0.05) is 25.7 Å². The molecular formula is C76H148O17P2. The van der Waals surface area contributed by atoms with E-state index in [1.165, 1.54) is 212 Å². The van der Waals surface area contributed by atoms with Gasteiger partial charge >= 0.3 is 39.5 Å². The largest absolute Gasteiger partial charge is 0.472 e. The Bertz CT molecular complexity index is 1840. The lowest BCUT2D eigenvalue weighted by Crippen LogP contribution is -2.30. The smallest absolute Gasteiger partial charge is 0.462 e. The molecule has 564 valence electrons. The second kappa shape index (κ2) is 67.9. The number of esters is 4. The lowest BCUT2D eigenvalue weighted by atomic mass is 10.0. The number of phosphoric ester groups is 2. The van der Waals surface area contributed by atoms with Crippen LogP contribution in [-0.2, 0) is 65.4 Å². The third-order valence-electron chi connectivity index (χ3n) is 17.7. The molecule has 0 aromatic carbocycles. The van der Waals surface area contributed by atoms with E-state index >= 15 is 0 Å². The van der Waals surface area contributed by atoms with E-state index in [9.17, 15) is 43.2 Å². The predicted molar refractivity (Wildman–Crippen MR) is 386 cm³/mol. The van der Waals surface area contributed by atoms with Gasteiger partial charge in [-0.25, -0.2) is 9.13 Å². The number of carbonyl (C=O) groups is 4. The van der Waals surface area contributed by atoms with Crippen LogP contribution in [0, 0.1) is 11.8 Å². The molecule has 2 unspecified atom stereocenters. The third kappa shape index (κ3) is 70.3. The Labute approximate surface area is 581 Å². The molecule has 0 aromatic rings. The van der Waals surface area contributed by atoms with Crippen molar-refractivity contribution in [3.05, 3.63) is 0 Å². The summed E-state index contributed by atoms with van der Waals surface area (Å²) in [7, 11) is -9.91. The fourth-order valence-electron chi connectivity index (χ4n) is 11.7. The highest BCUT2D eigenvalue weighted by molar-refractivity contribution is 7.47. The SMILES string of the molecule is CCCCCCCCCCCCCCCCCCC(=O)O[C@H](COC(=O)CCCCCCCCCCCCCCC(C)C)COP(=O)(O)OC[C@@H](O)COP(=O)(O)OC[C@@H](COC(=O)CCCCCCCCCCCCCC)OC(=O)CCCCCCCCCCCC(C)C. The summed E-state index contributed by atoms with van der Waals surface area (Å²) in [6.07, 6.45) is 55.3. The molecule has 0 rings (SSSR count). The van der Waals surface area contributed by atoms with E-state index in [1.54, 1.807) is 0 Å². The molecule has 0 radical (unpaired) electrons. The highest BCUT2D eigenvalue weighted by Gasteiger charge is 2.30. The van der Waals surface area contributed by atoms with Crippen LogP contribution >= 0.6 is 15.6 Å². The van der Waals surface area contributed by atoms with Crippen LogP contribution in [0.15, 0.2) is 0 Å². The highest BCUT2D eigenvalue weighted by atomic mass is 31.2. The van der Waals surface area contributed by atoms with Crippen molar-refractivity contribution in [2.24, 2.45) is 11.8 Å². The molecule has 0 heterocycles. The number of unbranched alkanes of at least 4 members (excludes halogenated alkanes) is 45. The van der Waals surface area contributed by atoms with Crippen LogP contribution in [0.25, 0.3) is 0 Å². The standard InChI is InChI=1S/C76H148O17P2/c1-7-9-11-13-15-17-19-21-22-23-24-30-36-42-48-54-60-75(80)92-71(64-87-74(79)59-53-47-41-35-29-26-25-27-32-38-44-50-56-68(3)4)66-90-94(82,83)88-62-70(77)63-89-95(84,85)91-67-72(93-76(81)61-55-49-43-37-31-33-39-45-51-57-69(5)6)65-86-73(78)58-52-46-40-34-28-20-18-16-14-12-10-8-2/h68-72,77H,7-67H2,1-6H3,(H,82,83)(H,84,85)/t70-,71-,72-/m1/s1. The average molecular weight is 1400 g/mol. The quantitative estimate of drug-likeness (QED) is 0.0222. The number of aliphatic hydroxyl groups excluding tert-OH is 1. The molecule has 0 spiro atoms. The van der Waals surface area contributed by atoms with Crippen molar-refractivity contribution in [1.82, 2.24) is 0 Å². The van der Waals surface area contributed by atoms with Crippen LogP contribution in [-0.4, -0.2) is 96.7 Å². The summed E-state index contributed by atoms with van der Waals surface area (Å²) < 4.78 is 68.6. The predicted octanol–water partition coefficient (Wildman–Crippen LogP) is 22.3. The van der Waals surface area contributed by atoms with Gasteiger partial charge in [-0.1, -0.05) is 343 Å². The van der Waals surface area contributed by atoms with E-state index in [1.807, 2.05) is 0 Å². The molecule has 5 atom stereocenters. The summed E-state index contributed by atoms with van der Waals surface area (Å²) in [5.41, 5.74) is 0. The zero-order valence-corrected chi connectivity index (χ0v) is 63.8. The van der Waals surface area contributed by atoms with Gasteiger partial charge in [0.15, 0.2) is 12.2 Å². The Kier molecular flexibility index (Phi) is 66.5. The molecule has 17 nitrogen and oxygen atoms in total. The molecule has 3 N–H and O–H groups in total. The Balaban J connectivity index is 5.26. The molecule has 0 fully saturated rings. The lowest BCUT2D eigenvalue weighted by molar-refractivity contribution is -0.161. The minimum absolute atomic E-state index is 0.106. The number of carbonyl (C=O) groups excluding carboxylic acids is 4. The van der Waals surface area contributed by atoms with Gasteiger partial charge in [0.25, 0.3) is 0 Å². The Hall–Kier alpha value is -1.94. The van der Waals surface area contributed by atoms with Crippen molar-refractivity contribution in [1.29, 1.82) is 0 Å². The number of rotatable bonds is 75. The van der Waals surface area contributed by atoms with E-state index < -0.39 is 97.5 Å². The Morgan fingerprint density at radius 1 is 0.284 bits per heavy atom.